The molecule has 2 saturated heterocycles. The van der Waals surface area contributed by atoms with Crippen LogP contribution in [0.3, 0.4) is 0 Å². The molecular formula is C13H20FN3O. The van der Waals surface area contributed by atoms with Gasteiger partial charge in [-0.3, -0.25) is 4.90 Å². The summed E-state index contributed by atoms with van der Waals surface area (Å²) in [6.45, 7) is 9.30. The fourth-order valence-corrected chi connectivity index (χ4v) is 2.90. The Bertz CT molecular complexity index is 382. The average molecular weight is 253 g/mol. The molecule has 2 heterocycles. The number of allylic oxidation sites excluding steroid dienone is 1. The van der Waals surface area contributed by atoms with Crippen molar-refractivity contribution in [3.63, 3.8) is 0 Å². The lowest BCUT2D eigenvalue weighted by atomic mass is 9.95. The number of halogens is 1. The molecule has 0 aliphatic carbocycles. The van der Waals surface area contributed by atoms with Gasteiger partial charge in [-0.25, -0.2) is 4.39 Å². The van der Waals surface area contributed by atoms with Gasteiger partial charge in [-0.15, -0.1) is 0 Å². The maximum atomic E-state index is 12.7. The fraction of sp³-hybridized carbons (Fsp3) is 0.615. The molecular weight excluding hydrogens is 233 g/mol. The molecule has 100 valence electrons. The highest BCUT2D eigenvalue weighted by atomic mass is 19.1. The van der Waals surface area contributed by atoms with Gasteiger partial charge in [0.2, 0.25) is 0 Å². The summed E-state index contributed by atoms with van der Waals surface area (Å²) >= 11 is 0. The van der Waals surface area contributed by atoms with E-state index in [-0.39, 0.29) is 17.3 Å². The summed E-state index contributed by atoms with van der Waals surface area (Å²) in [7, 11) is 0. The molecule has 4 nitrogen and oxygen atoms in total. The van der Waals surface area contributed by atoms with Crippen molar-refractivity contribution in [2.24, 2.45) is 10.7 Å². The Labute approximate surface area is 107 Å². The van der Waals surface area contributed by atoms with E-state index < -0.39 is 5.83 Å². The molecule has 2 aliphatic heterocycles. The number of aliphatic imine (C=N–C) groups is 1. The monoisotopic (exact) mass is 253 g/mol. The standard InChI is InChI=1S/C13H20FN3O/c1-10(14)11(2)16-12(15)18-9-13-5-3-7-17(13)8-4-6-13/h1-9H2,(H2,15,16). The van der Waals surface area contributed by atoms with E-state index in [9.17, 15) is 4.39 Å². The van der Waals surface area contributed by atoms with E-state index in [1.54, 1.807) is 0 Å². The topological polar surface area (TPSA) is 50.9 Å². The largest absolute Gasteiger partial charge is 0.463 e. The third-order valence-corrected chi connectivity index (χ3v) is 3.86. The number of amidine groups is 1. The minimum absolute atomic E-state index is 0.0353. The lowest BCUT2D eigenvalue weighted by molar-refractivity contribution is 0.106. The second-order valence-electron chi connectivity index (χ2n) is 5.01. The van der Waals surface area contributed by atoms with Crippen LogP contribution in [-0.4, -0.2) is 36.2 Å². The number of hydrogen-bond donors (Lipinski definition) is 1. The van der Waals surface area contributed by atoms with E-state index in [0.717, 1.165) is 25.9 Å². The molecule has 0 aromatic carbocycles. The molecule has 0 spiro atoms. The Morgan fingerprint density at radius 1 is 1.33 bits per heavy atom. The third-order valence-electron chi connectivity index (χ3n) is 3.86. The zero-order valence-electron chi connectivity index (χ0n) is 10.6. The number of ether oxygens (including phenoxy) is 1. The first kappa shape index (κ1) is 13.1. The van der Waals surface area contributed by atoms with Gasteiger partial charge in [-0.1, -0.05) is 13.2 Å². The van der Waals surface area contributed by atoms with Gasteiger partial charge in [0.15, 0.2) is 0 Å². The van der Waals surface area contributed by atoms with Gasteiger partial charge < -0.3 is 10.5 Å². The number of hydrogen-bond acceptors (Lipinski definition) is 3. The van der Waals surface area contributed by atoms with Crippen molar-refractivity contribution in [1.82, 2.24) is 4.90 Å². The second-order valence-corrected chi connectivity index (χ2v) is 5.01. The summed E-state index contributed by atoms with van der Waals surface area (Å²) in [5, 5.41) is 0. The molecule has 2 N–H and O–H groups in total. The molecule has 2 rings (SSSR count). The van der Waals surface area contributed by atoms with Gasteiger partial charge in [0, 0.05) is 0 Å². The van der Waals surface area contributed by atoms with E-state index in [0.29, 0.717) is 6.61 Å². The van der Waals surface area contributed by atoms with Crippen LogP contribution in [0.2, 0.25) is 0 Å². The average Bonchev–Trinajstić information content (AvgIpc) is 2.85. The van der Waals surface area contributed by atoms with Crippen LogP contribution >= 0.6 is 0 Å². The Hall–Kier alpha value is -1.36. The number of nitrogens with zero attached hydrogens (tertiary/aromatic N) is 2. The van der Waals surface area contributed by atoms with Crippen molar-refractivity contribution in [3.8, 4) is 0 Å². The van der Waals surface area contributed by atoms with Crippen molar-refractivity contribution in [2.75, 3.05) is 19.7 Å². The minimum Gasteiger partial charge on any atom is -0.463 e. The summed E-state index contributed by atoms with van der Waals surface area (Å²) < 4.78 is 18.2. The molecule has 0 amide bonds. The third kappa shape index (κ3) is 2.56. The van der Waals surface area contributed by atoms with E-state index in [1.165, 1.54) is 12.8 Å². The quantitative estimate of drug-likeness (QED) is 0.473. The Morgan fingerprint density at radius 3 is 2.50 bits per heavy atom. The molecule has 5 heteroatoms. The lowest BCUT2D eigenvalue weighted by Gasteiger charge is -2.31. The van der Waals surface area contributed by atoms with Crippen molar-refractivity contribution in [1.29, 1.82) is 0 Å². The molecule has 0 atom stereocenters. The Balaban J connectivity index is 1.91. The van der Waals surface area contributed by atoms with E-state index in [2.05, 4.69) is 23.1 Å². The Kier molecular flexibility index (Phi) is 3.71. The van der Waals surface area contributed by atoms with Crippen LogP contribution in [0.25, 0.3) is 0 Å². The highest BCUT2D eigenvalue weighted by Gasteiger charge is 2.44. The smallest absolute Gasteiger partial charge is 0.287 e. The van der Waals surface area contributed by atoms with Crippen molar-refractivity contribution in [3.05, 3.63) is 24.7 Å². The molecule has 0 radical (unpaired) electrons. The molecule has 2 aliphatic rings. The second kappa shape index (κ2) is 5.10. The molecule has 2 fully saturated rings. The van der Waals surface area contributed by atoms with Crippen molar-refractivity contribution < 1.29 is 9.13 Å². The van der Waals surface area contributed by atoms with Crippen LogP contribution in [0.5, 0.6) is 0 Å². The first-order valence-electron chi connectivity index (χ1n) is 6.29. The normalized spacial score (nSPS) is 22.8. The molecule has 0 aromatic heterocycles. The van der Waals surface area contributed by atoms with Gasteiger partial charge in [-0.2, -0.15) is 4.99 Å². The zero-order valence-corrected chi connectivity index (χ0v) is 10.6. The van der Waals surface area contributed by atoms with Crippen molar-refractivity contribution >= 4 is 6.02 Å². The molecule has 0 bridgehead atoms. The number of fused-ring (bicyclic) bond motifs is 1. The SMILES string of the molecule is C=C(F)C(=C)/N=C(\N)OCC12CCCN1CCC2. The van der Waals surface area contributed by atoms with Crippen molar-refractivity contribution in [2.45, 2.75) is 31.2 Å². The number of nitrogens with two attached hydrogens (primary N) is 1. The molecule has 0 aromatic rings. The highest BCUT2D eigenvalue weighted by molar-refractivity contribution is 5.73. The van der Waals surface area contributed by atoms with Crippen LogP contribution in [0.1, 0.15) is 25.7 Å². The molecule has 18 heavy (non-hydrogen) atoms. The first-order chi connectivity index (χ1) is 8.53. The van der Waals surface area contributed by atoms with Gasteiger partial charge in [0.25, 0.3) is 6.02 Å². The molecule has 0 saturated carbocycles. The number of rotatable bonds is 4. The minimum atomic E-state index is -0.692. The van der Waals surface area contributed by atoms with Crippen LogP contribution in [0, 0.1) is 0 Å². The van der Waals surface area contributed by atoms with E-state index in [4.69, 9.17) is 10.5 Å². The van der Waals surface area contributed by atoms with Gasteiger partial charge in [0.05, 0.1) is 11.2 Å². The summed E-state index contributed by atoms with van der Waals surface area (Å²) in [6.07, 6.45) is 4.68. The van der Waals surface area contributed by atoms with Crippen LogP contribution < -0.4 is 5.73 Å². The van der Waals surface area contributed by atoms with Gasteiger partial charge in [-0.05, 0) is 38.8 Å². The zero-order chi connectivity index (χ0) is 13.2. The van der Waals surface area contributed by atoms with Crippen LogP contribution in [-0.2, 0) is 4.74 Å². The summed E-state index contributed by atoms with van der Waals surface area (Å²) in [6, 6.07) is -0.0353. The fourth-order valence-electron chi connectivity index (χ4n) is 2.90. The summed E-state index contributed by atoms with van der Waals surface area (Å²) in [4.78, 5) is 6.19. The van der Waals surface area contributed by atoms with E-state index >= 15 is 0 Å². The summed E-state index contributed by atoms with van der Waals surface area (Å²) in [5.41, 5.74) is 5.65. The summed E-state index contributed by atoms with van der Waals surface area (Å²) in [5.74, 6) is -0.692. The highest BCUT2D eigenvalue weighted by Crippen LogP contribution is 2.38. The predicted octanol–water partition coefficient (Wildman–Crippen LogP) is 1.94. The van der Waals surface area contributed by atoms with Crippen LogP contribution in [0.4, 0.5) is 4.39 Å². The maximum Gasteiger partial charge on any atom is 0.287 e. The Morgan fingerprint density at radius 2 is 1.94 bits per heavy atom. The maximum absolute atomic E-state index is 12.7. The van der Waals surface area contributed by atoms with E-state index in [1.807, 2.05) is 0 Å². The lowest BCUT2D eigenvalue weighted by Crippen LogP contribution is -2.43. The molecule has 0 unspecified atom stereocenters. The predicted molar refractivity (Wildman–Crippen MR) is 69.7 cm³/mol. The van der Waals surface area contributed by atoms with Gasteiger partial charge >= 0.3 is 0 Å². The van der Waals surface area contributed by atoms with Crippen LogP contribution in [0.15, 0.2) is 29.7 Å². The van der Waals surface area contributed by atoms with Gasteiger partial charge in [0.1, 0.15) is 12.4 Å². The first-order valence-corrected chi connectivity index (χ1v) is 6.29.